The van der Waals surface area contributed by atoms with Crippen LogP contribution in [-0.2, 0) is 6.18 Å². The summed E-state index contributed by atoms with van der Waals surface area (Å²) < 4.78 is 37.5. The molecule has 0 aliphatic carbocycles. The molecule has 0 bridgehead atoms. The van der Waals surface area contributed by atoms with Crippen molar-refractivity contribution in [3.63, 3.8) is 0 Å². The quantitative estimate of drug-likeness (QED) is 0.779. The van der Waals surface area contributed by atoms with Crippen LogP contribution >= 0.6 is 0 Å². The van der Waals surface area contributed by atoms with Gasteiger partial charge in [0.25, 0.3) is 0 Å². The Bertz CT molecular complexity index is 418. The molecule has 1 rings (SSSR count). The van der Waals surface area contributed by atoms with E-state index in [2.05, 4.69) is 10.3 Å². The number of halogens is 3. The average molecular weight is 263 g/mol. The molecular formula is C11H16F3N3O. The molecule has 0 radical (unpaired) electrons. The van der Waals surface area contributed by atoms with E-state index >= 15 is 0 Å². The minimum atomic E-state index is -4.51. The maximum atomic E-state index is 12.5. The van der Waals surface area contributed by atoms with Gasteiger partial charge in [-0.3, -0.25) is 0 Å². The van der Waals surface area contributed by atoms with E-state index in [1.54, 1.807) is 13.8 Å². The number of rotatable bonds is 4. The summed E-state index contributed by atoms with van der Waals surface area (Å²) in [7, 11) is 0. The predicted molar refractivity (Wildman–Crippen MR) is 63.1 cm³/mol. The Hall–Kier alpha value is -1.50. The normalized spacial score (nSPS) is 12.6. The first-order valence-electron chi connectivity index (χ1n) is 5.37. The summed E-state index contributed by atoms with van der Waals surface area (Å²) in [5, 5.41) is 11.7. The number of nitrogens with one attached hydrogen (secondary N) is 1. The highest BCUT2D eigenvalue weighted by Gasteiger charge is 2.33. The van der Waals surface area contributed by atoms with Crippen molar-refractivity contribution < 1.29 is 18.3 Å². The summed E-state index contributed by atoms with van der Waals surface area (Å²) in [5.74, 6) is 0. The maximum Gasteiger partial charge on any atom is 0.433 e. The van der Waals surface area contributed by atoms with Gasteiger partial charge < -0.3 is 16.2 Å². The highest BCUT2D eigenvalue weighted by Crippen LogP contribution is 2.32. The summed E-state index contributed by atoms with van der Waals surface area (Å²) >= 11 is 0. The van der Waals surface area contributed by atoms with Gasteiger partial charge in [-0.05, 0) is 26.3 Å². The van der Waals surface area contributed by atoms with Gasteiger partial charge in [0, 0.05) is 12.1 Å². The van der Waals surface area contributed by atoms with Crippen LogP contribution in [0.25, 0.3) is 0 Å². The molecule has 0 aliphatic rings. The number of anilines is 2. The molecule has 1 aromatic heterocycles. The van der Waals surface area contributed by atoms with Gasteiger partial charge >= 0.3 is 6.18 Å². The van der Waals surface area contributed by atoms with Crippen LogP contribution in [0.1, 0.15) is 26.0 Å². The summed E-state index contributed by atoms with van der Waals surface area (Å²) in [6.45, 7) is 3.45. The molecule has 0 fully saturated rings. The third-order valence-corrected chi connectivity index (χ3v) is 2.44. The highest BCUT2D eigenvalue weighted by molar-refractivity contribution is 5.66. The first-order valence-corrected chi connectivity index (χ1v) is 5.37. The summed E-state index contributed by atoms with van der Waals surface area (Å²) in [4.78, 5) is 3.25. The lowest BCUT2D eigenvalue weighted by Crippen LogP contribution is -2.32. The monoisotopic (exact) mass is 263 g/mol. The number of pyridine rings is 1. The van der Waals surface area contributed by atoms with E-state index in [4.69, 9.17) is 10.8 Å². The van der Waals surface area contributed by atoms with Crippen LogP contribution in [0.4, 0.5) is 24.5 Å². The lowest BCUT2D eigenvalue weighted by atomic mass is 10.0. The molecule has 0 amide bonds. The van der Waals surface area contributed by atoms with Crippen molar-refractivity contribution in [1.82, 2.24) is 4.98 Å². The summed E-state index contributed by atoms with van der Waals surface area (Å²) in [6, 6.07) is 0.870. The second-order valence-corrected chi connectivity index (χ2v) is 4.64. The largest absolute Gasteiger partial charge is 0.433 e. The summed E-state index contributed by atoms with van der Waals surface area (Å²) in [6.07, 6.45) is -3.15. The molecule has 18 heavy (non-hydrogen) atoms. The molecule has 1 heterocycles. The van der Waals surface area contributed by atoms with Gasteiger partial charge in [-0.15, -0.1) is 0 Å². The Labute approximate surface area is 103 Å². The third-order valence-electron chi connectivity index (χ3n) is 2.44. The predicted octanol–water partition coefficient (Wildman–Crippen LogP) is 2.26. The van der Waals surface area contributed by atoms with Gasteiger partial charge in [0.1, 0.15) is 5.69 Å². The molecule has 0 saturated carbocycles. The van der Waals surface area contributed by atoms with Crippen LogP contribution in [0.2, 0.25) is 0 Å². The average Bonchev–Trinajstić information content (AvgIpc) is 2.19. The number of nitrogens with zero attached hydrogens (tertiary/aromatic N) is 1. The Morgan fingerprint density at radius 3 is 2.50 bits per heavy atom. The van der Waals surface area contributed by atoms with Crippen LogP contribution in [0.15, 0.2) is 12.3 Å². The number of aliphatic hydroxyl groups is 1. The molecule has 4 N–H and O–H groups in total. The number of nitrogens with two attached hydrogens (primary N) is 1. The first kappa shape index (κ1) is 14.6. The van der Waals surface area contributed by atoms with Crippen molar-refractivity contribution >= 4 is 11.4 Å². The Balaban J connectivity index is 3.02. The minimum absolute atomic E-state index is 0.0723. The minimum Gasteiger partial charge on any atom is -0.396 e. The second kappa shape index (κ2) is 5.01. The van der Waals surface area contributed by atoms with Gasteiger partial charge in [0.05, 0.1) is 17.6 Å². The van der Waals surface area contributed by atoms with E-state index in [0.29, 0.717) is 6.42 Å². The molecule has 0 spiro atoms. The van der Waals surface area contributed by atoms with Crippen molar-refractivity contribution in [3.8, 4) is 0 Å². The highest BCUT2D eigenvalue weighted by atomic mass is 19.4. The zero-order chi connectivity index (χ0) is 14.0. The molecule has 0 saturated heterocycles. The molecule has 0 aliphatic heterocycles. The van der Waals surface area contributed by atoms with E-state index in [1.165, 1.54) is 0 Å². The molecule has 7 heteroatoms. The number of aliphatic hydroxyl groups excluding tert-OH is 1. The van der Waals surface area contributed by atoms with Crippen LogP contribution < -0.4 is 11.1 Å². The SMILES string of the molecule is CC(C)(CCO)Nc1cc(C(F)(F)F)ncc1N. The van der Waals surface area contributed by atoms with Gasteiger partial charge in [0.2, 0.25) is 0 Å². The molecule has 4 nitrogen and oxygen atoms in total. The molecule has 102 valence electrons. The molecule has 1 aromatic rings. The number of aromatic nitrogens is 1. The zero-order valence-electron chi connectivity index (χ0n) is 10.2. The Morgan fingerprint density at radius 1 is 1.39 bits per heavy atom. The third kappa shape index (κ3) is 3.76. The van der Waals surface area contributed by atoms with Crippen molar-refractivity contribution in [2.75, 3.05) is 17.7 Å². The standard InChI is InChI=1S/C11H16F3N3O/c1-10(2,3-4-18)17-8-5-9(11(12,13)14)16-6-7(8)15/h5-6,18H,3-4,15H2,1-2H3,(H,16,17). The number of hydrogen-bond donors (Lipinski definition) is 3. The fraction of sp³-hybridized carbons (Fsp3) is 0.545. The fourth-order valence-electron chi connectivity index (χ4n) is 1.44. The molecule has 0 unspecified atom stereocenters. The van der Waals surface area contributed by atoms with Crippen molar-refractivity contribution in [1.29, 1.82) is 0 Å². The summed E-state index contributed by atoms with van der Waals surface area (Å²) in [5.41, 5.74) is 4.31. The lowest BCUT2D eigenvalue weighted by molar-refractivity contribution is -0.141. The van der Waals surface area contributed by atoms with E-state index in [1.807, 2.05) is 0 Å². The lowest BCUT2D eigenvalue weighted by Gasteiger charge is -2.27. The Kier molecular flexibility index (Phi) is 4.05. The molecular weight excluding hydrogens is 247 g/mol. The number of hydrogen-bond acceptors (Lipinski definition) is 4. The fourth-order valence-corrected chi connectivity index (χ4v) is 1.44. The topological polar surface area (TPSA) is 71.2 Å². The molecule has 0 atom stereocenters. The van der Waals surface area contributed by atoms with Crippen molar-refractivity contribution in [2.24, 2.45) is 0 Å². The van der Waals surface area contributed by atoms with Crippen LogP contribution in [0.5, 0.6) is 0 Å². The van der Waals surface area contributed by atoms with Crippen LogP contribution in [-0.4, -0.2) is 22.2 Å². The van der Waals surface area contributed by atoms with Crippen LogP contribution in [0.3, 0.4) is 0 Å². The van der Waals surface area contributed by atoms with E-state index in [0.717, 1.165) is 12.3 Å². The molecule has 0 aromatic carbocycles. The number of alkyl halides is 3. The van der Waals surface area contributed by atoms with Gasteiger partial charge in [-0.1, -0.05) is 0 Å². The Morgan fingerprint density at radius 2 is 2.00 bits per heavy atom. The van der Waals surface area contributed by atoms with Gasteiger partial charge in [-0.2, -0.15) is 13.2 Å². The van der Waals surface area contributed by atoms with Gasteiger partial charge in [-0.25, -0.2) is 4.98 Å². The second-order valence-electron chi connectivity index (χ2n) is 4.64. The van der Waals surface area contributed by atoms with Crippen molar-refractivity contribution in [2.45, 2.75) is 32.0 Å². The van der Waals surface area contributed by atoms with Crippen molar-refractivity contribution in [3.05, 3.63) is 18.0 Å². The zero-order valence-corrected chi connectivity index (χ0v) is 10.2. The van der Waals surface area contributed by atoms with Crippen LogP contribution in [0, 0.1) is 0 Å². The first-order chi connectivity index (χ1) is 8.15. The number of nitrogen functional groups attached to an aromatic ring is 1. The van der Waals surface area contributed by atoms with Gasteiger partial charge in [0.15, 0.2) is 0 Å². The van der Waals surface area contributed by atoms with E-state index < -0.39 is 17.4 Å². The smallest absolute Gasteiger partial charge is 0.396 e. The van der Waals surface area contributed by atoms with E-state index in [9.17, 15) is 13.2 Å². The maximum absolute atomic E-state index is 12.5. The van der Waals surface area contributed by atoms with E-state index in [-0.39, 0.29) is 18.0 Å².